The number of hydrogen-bond donors (Lipinski definition) is 1. The van der Waals surface area contributed by atoms with Crippen LogP contribution in [0.25, 0.3) is 5.65 Å². The Kier molecular flexibility index (Phi) is 3.86. The Morgan fingerprint density at radius 1 is 1.19 bits per heavy atom. The second-order valence-electron chi connectivity index (χ2n) is 6.55. The first-order valence-electron chi connectivity index (χ1n) is 8.25. The lowest BCUT2D eigenvalue weighted by Crippen LogP contribution is -2.15. The summed E-state index contributed by atoms with van der Waals surface area (Å²) in [6.07, 6.45) is -0.363. The molecule has 0 unspecified atom stereocenters. The molecule has 4 rings (SSSR count). The highest BCUT2D eigenvalue weighted by Crippen LogP contribution is 2.40. The maximum Gasteiger partial charge on any atom is 0.416 e. The molecule has 1 aliphatic rings. The van der Waals surface area contributed by atoms with Gasteiger partial charge in [0.15, 0.2) is 5.65 Å². The molecular formula is C18H15F4N3O. The average molecular weight is 365 g/mol. The van der Waals surface area contributed by atoms with Crippen molar-refractivity contribution >= 4 is 5.65 Å². The van der Waals surface area contributed by atoms with Gasteiger partial charge < -0.3 is 5.11 Å². The van der Waals surface area contributed by atoms with Gasteiger partial charge in [-0.05, 0) is 36.6 Å². The van der Waals surface area contributed by atoms with Gasteiger partial charge in [0.2, 0.25) is 5.88 Å². The number of nitrogens with zero attached hydrogens (tertiary/aromatic N) is 3. The van der Waals surface area contributed by atoms with E-state index in [-0.39, 0.29) is 23.8 Å². The molecule has 1 aromatic carbocycles. The molecule has 8 heteroatoms. The zero-order chi connectivity index (χ0) is 18.5. The lowest BCUT2D eigenvalue weighted by Gasteiger charge is -2.27. The van der Waals surface area contributed by atoms with Crippen molar-refractivity contribution in [1.82, 2.24) is 14.6 Å². The van der Waals surface area contributed by atoms with E-state index < -0.39 is 17.6 Å². The van der Waals surface area contributed by atoms with Crippen LogP contribution in [0.15, 0.2) is 30.5 Å². The van der Waals surface area contributed by atoms with E-state index in [9.17, 15) is 22.7 Å². The Morgan fingerprint density at radius 2 is 1.96 bits per heavy atom. The first kappa shape index (κ1) is 16.8. The average Bonchev–Trinajstić information content (AvgIpc) is 2.96. The van der Waals surface area contributed by atoms with Gasteiger partial charge in [0.05, 0.1) is 17.5 Å². The molecule has 1 saturated carbocycles. The highest BCUT2D eigenvalue weighted by atomic mass is 19.4. The maximum absolute atomic E-state index is 13.7. The smallest absolute Gasteiger partial charge is 0.416 e. The van der Waals surface area contributed by atoms with Crippen LogP contribution < -0.4 is 0 Å². The molecule has 3 aromatic rings. The first-order valence-corrected chi connectivity index (χ1v) is 8.25. The van der Waals surface area contributed by atoms with E-state index in [1.165, 1.54) is 10.7 Å². The molecule has 4 nitrogen and oxygen atoms in total. The van der Waals surface area contributed by atoms with Crippen molar-refractivity contribution < 1.29 is 22.7 Å². The van der Waals surface area contributed by atoms with Crippen molar-refractivity contribution in [3.8, 4) is 5.88 Å². The number of benzene rings is 1. The number of aromatic hydroxyl groups is 1. The van der Waals surface area contributed by atoms with E-state index in [0.717, 1.165) is 31.4 Å². The summed E-state index contributed by atoms with van der Waals surface area (Å²) in [6, 6.07) is 4.06. The summed E-state index contributed by atoms with van der Waals surface area (Å²) in [5.74, 6) is -0.987. The molecule has 1 fully saturated rings. The second kappa shape index (κ2) is 5.96. The topological polar surface area (TPSA) is 50.4 Å². The SMILES string of the molecule is Oc1c(Cc2cc(F)cc(C(F)(F)F)c2)c(C2CCC2)nc2ccnn12. The summed E-state index contributed by atoms with van der Waals surface area (Å²) >= 11 is 0. The molecular weight excluding hydrogens is 350 g/mol. The lowest BCUT2D eigenvalue weighted by molar-refractivity contribution is -0.137. The molecule has 0 atom stereocenters. The van der Waals surface area contributed by atoms with Crippen LogP contribution in [0.2, 0.25) is 0 Å². The van der Waals surface area contributed by atoms with Crippen molar-refractivity contribution in [2.24, 2.45) is 0 Å². The summed E-state index contributed by atoms with van der Waals surface area (Å²) < 4.78 is 53.8. The van der Waals surface area contributed by atoms with E-state index in [1.807, 2.05) is 0 Å². The summed E-state index contributed by atoms with van der Waals surface area (Å²) in [4.78, 5) is 4.53. The van der Waals surface area contributed by atoms with Gasteiger partial charge in [0.25, 0.3) is 0 Å². The largest absolute Gasteiger partial charge is 0.493 e. The third kappa shape index (κ3) is 2.89. The van der Waals surface area contributed by atoms with Gasteiger partial charge in [0.1, 0.15) is 5.82 Å². The number of alkyl halides is 3. The van der Waals surface area contributed by atoms with E-state index in [0.29, 0.717) is 23.0 Å². The summed E-state index contributed by atoms with van der Waals surface area (Å²) in [5.41, 5.74) is 0.597. The predicted octanol–water partition coefficient (Wildman–Crippen LogP) is 4.45. The van der Waals surface area contributed by atoms with Crippen molar-refractivity contribution in [2.45, 2.75) is 37.8 Å². The van der Waals surface area contributed by atoms with Crippen LogP contribution in [0.3, 0.4) is 0 Å². The predicted molar refractivity (Wildman–Crippen MR) is 85.5 cm³/mol. The van der Waals surface area contributed by atoms with Crippen LogP contribution in [0.4, 0.5) is 17.6 Å². The Balaban J connectivity index is 1.82. The van der Waals surface area contributed by atoms with E-state index in [2.05, 4.69) is 10.1 Å². The van der Waals surface area contributed by atoms with Crippen LogP contribution in [-0.4, -0.2) is 19.7 Å². The molecule has 0 aliphatic heterocycles. The Morgan fingerprint density at radius 3 is 2.62 bits per heavy atom. The third-order valence-corrected chi connectivity index (χ3v) is 4.80. The molecule has 0 amide bonds. The van der Waals surface area contributed by atoms with Crippen LogP contribution >= 0.6 is 0 Å². The van der Waals surface area contributed by atoms with Crippen molar-refractivity contribution in [1.29, 1.82) is 0 Å². The van der Waals surface area contributed by atoms with Crippen LogP contribution in [-0.2, 0) is 12.6 Å². The molecule has 0 saturated heterocycles. The number of hydrogen-bond acceptors (Lipinski definition) is 3. The van der Waals surface area contributed by atoms with Gasteiger partial charge in [0, 0.05) is 24.0 Å². The standard InChI is InChI=1S/C18H15F4N3O/c19-13-7-10(6-12(9-13)18(20,21)22)8-14-16(11-2-1-3-11)24-15-4-5-23-25(15)17(14)26/h4-7,9,11,26H,1-3,8H2. The molecule has 1 aliphatic carbocycles. The van der Waals surface area contributed by atoms with Gasteiger partial charge in [-0.3, -0.25) is 0 Å². The minimum atomic E-state index is -4.64. The normalized spacial score (nSPS) is 15.4. The molecule has 2 heterocycles. The van der Waals surface area contributed by atoms with E-state index in [1.54, 1.807) is 6.07 Å². The molecule has 0 bridgehead atoms. The molecule has 136 valence electrons. The Bertz CT molecular complexity index is 976. The summed E-state index contributed by atoms with van der Waals surface area (Å²) in [7, 11) is 0. The fraction of sp³-hybridized carbons (Fsp3) is 0.333. The van der Waals surface area contributed by atoms with Crippen molar-refractivity contribution in [3.63, 3.8) is 0 Å². The van der Waals surface area contributed by atoms with Gasteiger partial charge in [-0.2, -0.15) is 22.8 Å². The van der Waals surface area contributed by atoms with E-state index in [4.69, 9.17) is 0 Å². The minimum absolute atomic E-state index is 0.0543. The van der Waals surface area contributed by atoms with Crippen LogP contribution in [0.5, 0.6) is 5.88 Å². The summed E-state index contributed by atoms with van der Waals surface area (Å²) in [5, 5.41) is 14.6. The Labute approximate surface area is 146 Å². The fourth-order valence-corrected chi connectivity index (χ4v) is 3.29. The molecule has 26 heavy (non-hydrogen) atoms. The first-order chi connectivity index (χ1) is 12.3. The Hall–Kier alpha value is -2.64. The number of halogens is 4. The molecule has 0 spiro atoms. The zero-order valence-electron chi connectivity index (χ0n) is 13.6. The number of rotatable bonds is 3. The zero-order valence-corrected chi connectivity index (χ0v) is 13.6. The highest BCUT2D eigenvalue weighted by molar-refractivity contribution is 5.48. The second-order valence-corrected chi connectivity index (χ2v) is 6.55. The van der Waals surface area contributed by atoms with Crippen molar-refractivity contribution in [2.75, 3.05) is 0 Å². The third-order valence-electron chi connectivity index (χ3n) is 4.80. The molecule has 2 aromatic heterocycles. The highest BCUT2D eigenvalue weighted by Gasteiger charge is 2.32. The van der Waals surface area contributed by atoms with Crippen LogP contribution in [0, 0.1) is 5.82 Å². The van der Waals surface area contributed by atoms with Gasteiger partial charge in [-0.25, -0.2) is 9.37 Å². The number of fused-ring (bicyclic) bond motifs is 1. The van der Waals surface area contributed by atoms with E-state index >= 15 is 0 Å². The monoisotopic (exact) mass is 365 g/mol. The maximum atomic E-state index is 13.7. The quantitative estimate of drug-likeness (QED) is 0.698. The van der Waals surface area contributed by atoms with Gasteiger partial charge in [-0.1, -0.05) is 6.42 Å². The fourth-order valence-electron chi connectivity index (χ4n) is 3.29. The number of aromatic nitrogens is 3. The minimum Gasteiger partial charge on any atom is -0.493 e. The summed E-state index contributed by atoms with van der Waals surface area (Å²) in [6.45, 7) is 0. The van der Waals surface area contributed by atoms with Crippen LogP contribution in [0.1, 0.15) is 47.6 Å². The van der Waals surface area contributed by atoms with Gasteiger partial charge >= 0.3 is 6.18 Å². The van der Waals surface area contributed by atoms with Gasteiger partial charge in [-0.15, -0.1) is 0 Å². The van der Waals surface area contributed by atoms with Crippen molar-refractivity contribution in [3.05, 3.63) is 58.7 Å². The molecule has 1 N–H and O–H groups in total. The molecule has 0 radical (unpaired) electrons. The lowest BCUT2D eigenvalue weighted by atomic mass is 9.80.